The van der Waals surface area contributed by atoms with Crippen LogP contribution in [0.3, 0.4) is 0 Å². The third-order valence-corrected chi connectivity index (χ3v) is 3.99. The van der Waals surface area contributed by atoms with Gasteiger partial charge in [-0.05, 0) is 17.2 Å². The van der Waals surface area contributed by atoms with E-state index in [2.05, 4.69) is 0 Å². The van der Waals surface area contributed by atoms with Crippen LogP contribution in [0.15, 0.2) is 48.6 Å². The fourth-order valence-corrected chi connectivity index (χ4v) is 3.48. The highest BCUT2D eigenvalue weighted by molar-refractivity contribution is 7.86. The number of allylic oxidation sites excluding steroid dienone is 2. The average molecular weight is 344 g/mol. The van der Waals surface area contributed by atoms with Gasteiger partial charge in [-0.2, -0.15) is 16.8 Å². The van der Waals surface area contributed by atoms with Crippen LogP contribution < -0.4 is 0 Å². The van der Waals surface area contributed by atoms with Gasteiger partial charge >= 0.3 is 0 Å². The predicted molar refractivity (Wildman–Crippen MR) is 82.8 cm³/mol. The first kappa shape index (κ1) is 16.9. The van der Waals surface area contributed by atoms with Gasteiger partial charge in [0.15, 0.2) is 0 Å². The zero-order chi connectivity index (χ0) is 16.4. The van der Waals surface area contributed by atoms with E-state index in [1.165, 1.54) is 6.08 Å². The third kappa shape index (κ3) is 4.77. The Hall–Kier alpha value is -1.48. The highest BCUT2D eigenvalue weighted by Gasteiger charge is 2.38. The Morgan fingerprint density at radius 3 is 1.91 bits per heavy atom. The first-order valence-electron chi connectivity index (χ1n) is 6.35. The van der Waals surface area contributed by atoms with E-state index in [1.807, 2.05) is 30.3 Å². The maximum absolute atomic E-state index is 11.4. The van der Waals surface area contributed by atoms with Gasteiger partial charge in [0.1, 0.15) is 0 Å². The molecule has 0 unspecified atom stereocenters. The molecule has 0 saturated carbocycles. The molecule has 0 N–H and O–H groups in total. The molecule has 1 aliphatic rings. The summed E-state index contributed by atoms with van der Waals surface area (Å²) in [5, 5.41) is 0. The highest BCUT2D eigenvalue weighted by Crippen LogP contribution is 2.32. The van der Waals surface area contributed by atoms with Gasteiger partial charge in [0, 0.05) is 6.42 Å². The van der Waals surface area contributed by atoms with Crippen LogP contribution in [-0.2, 0) is 28.6 Å². The lowest BCUT2D eigenvalue weighted by Crippen LogP contribution is -2.38. The molecule has 120 valence electrons. The zero-order valence-electron chi connectivity index (χ0n) is 12.1. The molecule has 1 aromatic carbocycles. The molecular formula is C14H16O6S2. The van der Waals surface area contributed by atoms with Crippen molar-refractivity contribution in [3.8, 4) is 0 Å². The minimum Gasteiger partial charge on any atom is -0.230 e. The number of benzene rings is 1. The molecule has 0 aromatic heterocycles. The van der Waals surface area contributed by atoms with Crippen LogP contribution in [0.1, 0.15) is 12.0 Å². The summed E-state index contributed by atoms with van der Waals surface area (Å²) in [6, 6.07) is 9.38. The van der Waals surface area contributed by atoms with Gasteiger partial charge in [0.05, 0.1) is 12.5 Å². The van der Waals surface area contributed by atoms with E-state index in [-0.39, 0.29) is 6.42 Å². The topological polar surface area (TPSA) is 86.7 Å². The van der Waals surface area contributed by atoms with Crippen molar-refractivity contribution in [1.82, 2.24) is 0 Å². The standard InChI is InChI=1S/C14H16O6S2/c1-21(15,16)19-14(20-22(2,17)18)10-8-13(9-11-14)12-6-4-3-5-7-12/h3-10H,11H2,1-2H3. The van der Waals surface area contributed by atoms with Crippen LogP contribution in [0.4, 0.5) is 0 Å². The van der Waals surface area contributed by atoms with E-state index < -0.39 is 26.0 Å². The molecule has 8 heteroatoms. The minimum atomic E-state index is -3.91. The summed E-state index contributed by atoms with van der Waals surface area (Å²) in [5.74, 6) is -1.88. The van der Waals surface area contributed by atoms with Gasteiger partial charge in [-0.15, -0.1) is 0 Å². The minimum absolute atomic E-state index is 0.0478. The molecule has 1 aromatic rings. The van der Waals surface area contributed by atoms with Crippen LogP contribution >= 0.6 is 0 Å². The third-order valence-electron chi connectivity index (χ3n) is 2.82. The molecule has 0 spiro atoms. The molecule has 0 fully saturated rings. The molecule has 0 radical (unpaired) electrons. The van der Waals surface area contributed by atoms with E-state index in [0.29, 0.717) is 0 Å². The van der Waals surface area contributed by atoms with Gasteiger partial charge in [-0.25, -0.2) is 8.37 Å². The van der Waals surface area contributed by atoms with Crippen molar-refractivity contribution >= 4 is 25.8 Å². The van der Waals surface area contributed by atoms with Gasteiger partial charge in [-0.3, -0.25) is 0 Å². The summed E-state index contributed by atoms with van der Waals surface area (Å²) in [6.45, 7) is 0. The number of hydrogen-bond acceptors (Lipinski definition) is 6. The normalized spacial score (nSPS) is 18.0. The lowest BCUT2D eigenvalue weighted by atomic mass is 9.97. The molecule has 6 nitrogen and oxygen atoms in total. The first-order valence-corrected chi connectivity index (χ1v) is 9.98. The molecule has 0 aliphatic heterocycles. The van der Waals surface area contributed by atoms with Crippen LogP contribution in [0.5, 0.6) is 0 Å². The molecule has 0 atom stereocenters. The number of hydrogen-bond donors (Lipinski definition) is 0. The van der Waals surface area contributed by atoms with Crippen molar-refractivity contribution in [3.63, 3.8) is 0 Å². The molecule has 2 rings (SSSR count). The fourth-order valence-electron chi connectivity index (χ4n) is 2.10. The van der Waals surface area contributed by atoms with Crippen LogP contribution in [0, 0.1) is 0 Å². The molecule has 0 saturated heterocycles. The average Bonchev–Trinajstić information content (AvgIpc) is 2.36. The molecule has 1 aliphatic carbocycles. The monoisotopic (exact) mass is 344 g/mol. The maximum Gasteiger partial charge on any atom is 0.267 e. The van der Waals surface area contributed by atoms with Gasteiger partial charge in [0.25, 0.3) is 20.2 Å². The zero-order valence-corrected chi connectivity index (χ0v) is 13.7. The summed E-state index contributed by atoms with van der Waals surface area (Å²) in [6.07, 6.45) is 6.18. The smallest absolute Gasteiger partial charge is 0.230 e. The SMILES string of the molecule is CS(=O)(=O)OC1(OS(C)(=O)=O)C=CC(c2ccccc2)=CC1. The van der Waals surface area contributed by atoms with Crippen molar-refractivity contribution in [2.24, 2.45) is 0 Å². The van der Waals surface area contributed by atoms with Gasteiger partial charge in [0.2, 0.25) is 5.79 Å². The first-order chi connectivity index (χ1) is 10.1. The number of rotatable bonds is 5. The molecule has 0 heterocycles. The summed E-state index contributed by atoms with van der Waals surface area (Å²) in [5.41, 5.74) is 1.75. The Morgan fingerprint density at radius 2 is 1.50 bits per heavy atom. The van der Waals surface area contributed by atoms with Gasteiger partial charge < -0.3 is 0 Å². The summed E-state index contributed by atoms with van der Waals surface area (Å²) in [4.78, 5) is 0. The Bertz CT molecular complexity index is 770. The predicted octanol–water partition coefficient (Wildman–Crippen LogP) is 1.68. The maximum atomic E-state index is 11.4. The Kier molecular flexibility index (Phi) is 4.57. The molecule has 22 heavy (non-hydrogen) atoms. The largest absolute Gasteiger partial charge is 0.267 e. The fraction of sp³-hybridized carbons (Fsp3) is 0.286. The summed E-state index contributed by atoms with van der Waals surface area (Å²) in [7, 11) is -7.81. The molecule has 0 bridgehead atoms. The lowest BCUT2D eigenvalue weighted by Gasteiger charge is -2.29. The van der Waals surface area contributed by atoms with Gasteiger partial charge in [-0.1, -0.05) is 42.5 Å². The Morgan fingerprint density at radius 1 is 0.955 bits per heavy atom. The quantitative estimate of drug-likeness (QED) is 0.597. The van der Waals surface area contributed by atoms with E-state index in [4.69, 9.17) is 8.37 Å². The van der Waals surface area contributed by atoms with Crippen LogP contribution in [0.25, 0.3) is 5.57 Å². The van der Waals surface area contributed by atoms with Crippen molar-refractivity contribution < 1.29 is 25.2 Å². The summed E-state index contributed by atoms with van der Waals surface area (Å²) >= 11 is 0. The van der Waals surface area contributed by atoms with Crippen molar-refractivity contribution in [2.75, 3.05) is 12.5 Å². The van der Waals surface area contributed by atoms with Crippen molar-refractivity contribution in [1.29, 1.82) is 0 Å². The second-order valence-corrected chi connectivity index (χ2v) is 8.10. The second-order valence-electron chi connectivity index (χ2n) is 4.95. The highest BCUT2D eigenvalue weighted by atomic mass is 32.2. The van der Waals surface area contributed by atoms with Crippen molar-refractivity contribution in [2.45, 2.75) is 12.2 Å². The second kappa shape index (κ2) is 5.96. The van der Waals surface area contributed by atoms with Crippen molar-refractivity contribution in [3.05, 3.63) is 54.1 Å². The molecular weight excluding hydrogens is 328 g/mol. The van der Waals surface area contributed by atoms with E-state index in [1.54, 1.807) is 12.2 Å². The summed E-state index contributed by atoms with van der Waals surface area (Å²) < 4.78 is 55.3. The van der Waals surface area contributed by atoms with E-state index in [0.717, 1.165) is 23.6 Å². The van der Waals surface area contributed by atoms with E-state index in [9.17, 15) is 16.8 Å². The Balaban J connectivity index is 2.32. The van der Waals surface area contributed by atoms with Crippen LogP contribution in [-0.4, -0.2) is 35.1 Å². The van der Waals surface area contributed by atoms with Crippen LogP contribution in [0.2, 0.25) is 0 Å². The lowest BCUT2D eigenvalue weighted by molar-refractivity contribution is -0.0568. The van der Waals surface area contributed by atoms with E-state index >= 15 is 0 Å². The Labute approximate surface area is 130 Å². The molecule has 0 amide bonds.